The van der Waals surface area contributed by atoms with Crippen molar-refractivity contribution in [3.05, 3.63) is 84.2 Å². The van der Waals surface area contributed by atoms with Crippen molar-refractivity contribution in [3.63, 3.8) is 0 Å². The van der Waals surface area contributed by atoms with Crippen LogP contribution in [0.4, 0.5) is 17.2 Å². The predicted molar refractivity (Wildman–Crippen MR) is 131 cm³/mol. The molecule has 1 aromatic heterocycles. The van der Waals surface area contributed by atoms with E-state index in [2.05, 4.69) is 20.6 Å². The van der Waals surface area contributed by atoms with Crippen molar-refractivity contribution in [1.82, 2.24) is 9.97 Å². The molecule has 7 heteroatoms. The van der Waals surface area contributed by atoms with E-state index in [1.54, 1.807) is 20.3 Å². The molecule has 166 valence electrons. The van der Waals surface area contributed by atoms with Gasteiger partial charge in [0.05, 0.1) is 19.7 Å². The Hall–Kier alpha value is -4.39. The summed E-state index contributed by atoms with van der Waals surface area (Å²) in [6.45, 7) is 1.96. The highest BCUT2D eigenvalue weighted by molar-refractivity contribution is 6.02. The lowest BCUT2D eigenvalue weighted by Gasteiger charge is -2.12. The van der Waals surface area contributed by atoms with Crippen molar-refractivity contribution in [3.8, 4) is 11.5 Å². The van der Waals surface area contributed by atoms with Crippen LogP contribution >= 0.6 is 0 Å². The molecule has 1 heterocycles. The molecule has 0 unspecified atom stereocenters. The standard InChI is InChI=1S/C26H24N4O3/c1-17-6-4-5-7-21(17)30-25(31)13-10-18-8-11-19(12-9-18)29-26-20-14-23(32-2)24(33-3)15-22(20)27-16-28-26/h4-16H,1-3H3,(H,30,31)(H,27,28,29)/b13-10+. The molecule has 0 saturated carbocycles. The number of nitrogens with zero attached hydrogens (tertiary/aromatic N) is 2. The number of hydrogen-bond acceptors (Lipinski definition) is 6. The molecule has 1 amide bonds. The highest BCUT2D eigenvalue weighted by atomic mass is 16.5. The number of amides is 1. The third-order valence-electron chi connectivity index (χ3n) is 5.14. The van der Waals surface area contributed by atoms with E-state index in [0.29, 0.717) is 17.3 Å². The summed E-state index contributed by atoms with van der Waals surface area (Å²) in [6, 6.07) is 19.0. The van der Waals surface area contributed by atoms with Crippen molar-refractivity contribution >= 4 is 40.1 Å². The summed E-state index contributed by atoms with van der Waals surface area (Å²) in [6.07, 6.45) is 4.79. The number of aromatic nitrogens is 2. The lowest BCUT2D eigenvalue weighted by Crippen LogP contribution is -2.08. The topological polar surface area (TPSA) is 85.4 Å². The number of carbonyl (C=O) groups is 1. The van der Waals surface area contributed by atoms with E-state index in [9.17, 15) is 4.79 Å². The molecule has 0 fully saturated rings. The molecule has 0 spiro atoms. The number of nitrogens with one attached hydrogen (secondary N) is 2. The summed E-state index contributed by atoms with van der Waals surface area (Å²) in [5.41, 5.74) is 4.32. The molecule has 0 radical (unpaired) electrons. The van der Waals surface area contributed by atoms with E-state index in [4.69, 9.17) is 9.47 Å². The maximum Gasteiger partial charge on any atom is 0.248 e. The van der Waals surface area contributed by atoms with Gasteiger partial charge < -0.3 is 20.1 Å². The zero-order valence-corrected chi connectivity index (χ0v) is 18.6. The first kappa shape index (κ1) is 21.8. The SMILES string of the molecule is COc1cc2ncnc(Nc3ccc(/C=C/C(=O)Nc4ccccc4C)cc3)c2cc1OC. The van der Waals surface area contributed by atoms with Crippen LogP contribution in [0.15, 0.2) is 73.1 Å². The number of aryl methyl sites for hydroxylation is 1. The molecular formula is C26H24N4O3. The molecule has 4 aromatic rings. The van der Waals surface area contributed by atoms with Crippen LogP contribution in [0.25, 0.3) is 17.0 Å². The smallest absolute Gasteiger partial charge is 0.248 e. The number of rotatable bonds is 7. The summed E-state index contributed by atoms with van der Waals surface area (Å²) < 4.78 is 10.8. The third kappa shape index (κ3) is 5.10. The van der Waals surface area contributed by atoms with Gasteiger partial charge in [-0.05, 0) is 48.4 Å². The molecule has 33 heavy (non-hydrogen) atoms. The van der Waals surface area contributed by atoms with Gasteiger partial charge in [0, 0.05) is 28.9 Å². The number of para-hydroxylation sites is 1. The van der Waals surface area contributed by atoms with Crippen LogP contribution in [0.3, 0.4) is 0 Å². The predicted octanol–water partition coefficient (Wildman–Crippen LogP) is 5.35. The Bertz CT molecular complexity index is 1320. The Morgan fingerprint density at radius 2 is 1.67 bits per heavy atom. The number of benzene rings is 3. The summed E-state index contributed by atoms with van der Waals surface area (Å²) in [7, 11) is 3.18. The fourth-order valence-corrected chi connectivity index (χ4v) is 3.36. The second kappa shape index (κ2) is 9.82. The van der Waals surface area contributed by atoms with Crippen molar-refractivity contribution in [2.45, 2.75) is 6.92 Å². The average Bonchev–Trinajstić information content (AvgIpc) is 2.84. The third-order valence-corrected chi connectivity index (χ3v) is 5.14. The van der Waals surface area contributed by atoms with Crippen LogP contribution in [-0.2, 0) is 4.79 Å². The van der Waals surface area contributed by atoms with E-state index in [1.807, 2.05) is 67.6 Å². The van der Waals surface area contributed by atoms with Crippen LogP contribution < -0.4 is 20.1 Å². The van der Waals surface area contributed by atoms with E-state index < -0.39 is 0 Å². The van der Waals surface area contributed by atoms with Gasteiger partial charge in [0.2, 0.25) is 5.91 Å². The van der Waals surface area contributed by atoms with Crippen LogP contribution in [0.2, 0.25) is 0 Å². The lowest BCUT2D eigenvalue weighted by atomic mass is 10.1. The van der Waals surface area contributed by atoms with Gasteiger partial charge >= 0.3 is 0 Å². The number of fused-ring (bicyclic) bond motifs is 1. The number of anilines is 3. The van der Waals surface area contributed by atoms with Crippen LogP contribution in [-0.4, -0.2) is 30.1 Å². The number of methoxy groups -OCH3 is 2. The van der Waals surface area contributed by atoms with E-state index >= 15 is 0 Å². The normalized spacial score (nSPS) is 10.9. The highest BCUT2D eigenvalue weighted by Crippen LogP contribution is 2.34. The number of hydrogen-bond donors (Lipinski definition) is 2. The van der Waals surface area contributed by atoms with Crippen LogP contribution in [0.5, 0.6) is 11.5 Å². The van der Waals surface area contributed by atoms with Crippen molar-refractivity contribution < 1.29 is 14.3 Å². The van der Waals surface area contributed by atoms with Crippen LogP contribution in [0, 0.1) is 6.92 Å². The maximum absolute atomic E-state index is 12.2. The molecule has 0 aliphatic rings. The van der Waals surface area contributed by atoms with Gasteiger partial charge in [0.15, 0.2) is 11.5 Å². The lowest BCUT2D eigenvalue weighted by molar-refractivity contribution is -0.111. The monoisotopic (exact) mass is 440 g/mol. The van der Waals surface area contributed by atoms with Gasteiger partial charge in [0.25, 0.3) is 0 Å². The van der Waals surface area contributed by atoms with E-state index in [0.717, 1.165) is 33.4 Å². The average molecular weight is 441 g/mol. The zero-order valence-electron chi connectivity index (χ0n) is 18.6. The molecule has 0 aliphatic carbocycles. The molecule has 2 N–H and O–H groups in total. The minimum Gasteiger partial charge on any atom is -0.493 e. The molecule has 0 atom stereocenters. The quantitative estimate of drug-likeness (QED) is 0.377. The highest BCUT2D eigenvalue weighted by Gasteiger charge is 2.11. The molecule has 3 aromatic carbocycles. The Labute approximate surface area is 192 Å². The molecule has 4 rings (SSSR count). The first-order chi connectivity index (χ1) is 16.1. The van der Waals surface area contributed by atoms with Gasteiger partial charge in [-0.2, -0.15) is 0 Å². The van der Waals surface area contributed by atoms with E-state index in [-0.39, 0.29) is 5.91 Å². The zero-order chi connectivity index (χ0) is 23.2. The summed E-state index contributed by atoms with van der Waals surface area (Å²) in [5.74, 6) is 1.69. The Morgan fingerprint density at radius 1 is 0.939 bits per heavy atom. The maximum atomic E-state index is 12.2. The minimum atomic E-state index is -0.177. The molecule has 0 saturated heterocycles. The summed E-state index contributed by atoms with van der Waals surface area (Å²) in [4.78, 5) is 20.9. The molecule has 0 bridgehead atoms. The Morgan fingerprint density at radius 3 is 2.39 bits per heavy atom. The van der Waals surface area contributed by atoms with E-state index in [1.165, 1.54) is 12.4 Å². The minimum absolute atomic E-state index is 0.177. The molecule has 7 nitrogen and oxygen atoms in total. The molecular weight excluding hydrogens is 416 g/mol. The molecule has 0 aliphatic heterocycles. The Balaban J connectivity index is 1.48. The van der Waals surface area contributed by atoms with Gasteiger partial charge in [-0.15, -0.1) is 0 Å². The van der Waals surface area contributed by atoms with Gasteiger partial charge in [-0.3, -0.25) is 4.79 Å². The van der Waals surface area contributed by atoms with Crippen molar-refractivity contribution in [2.75, 3.05) is 24.9 Å². The fraction of sp³-hybridized carbons (Fsp3) is 0.115. The number of carbonyl (C=O) groups excluding carboxylic acids is 1. The number of ether oxygens (including phenoxy) is 2. The second-order valence-electron chi connectivity index (χ2n) is 7.33. The van der Waals surface area contributed by atoms with Gasteiger partial charge in [-0.1, -0.05) is 30.3 Å². The second-order valence-corrected chi connectivity index (χ2v) is 7.33. The van der Waals surface area contributed by atoms with Crippen LogP contribution in [0.1, 0.15) is 11.1 Å². The summed E-state index contributed by atoms with van der Waals surface area (Å²) in [5, 5.41) is 7.02. The largest absolute Gasteiger partial charge is 0.493 e. The summed E-state index contributed by atoms with van der Waals surface area (Å²) >= 11 is 0. The first-order valence-electron chi connectivity index (χ1n) is 10.4. The first-order valence-corrected chi connectivity index (χ1v) is 10.4. The van der Waals surface area contributed by atoms with Crippen molar-refractivity contribution in [1.29, 1.82) is 0 Å². The van der Waals surface area contributed by atoms with Crippen molar-refractivity contribution in [2.24, 2.45) is 0 Å². The Kier molecular flexibility index (Phi) is 6.50. The van der Waals surface area contributed by atoms with Gasteiger partial charge in [-0.25, -0.2) is 9.97 Å². The van der Waals surface area contributed by atoms with Gasteiger partial charge in [0.1, 0.15) is 12.1 Å². The fourth-order valence-electron chi connectivity index (χ4n) is 3.36.